The highest BCUT2D eigenvalue weighted by Gasteiger charge is 2.40. The maximum Gasteiger partial charge on any atom is 0.490 e. The Bertz CT molecular complexity index is 3600. The molecule has 4 unspecified atom stereocenters. The molecule has 1 aliphatic carbocycles. The molecule has 2 heterocycles. The normalized spacial score (nSPS) is 13.3. The van der Waals surface area contributed by atoms with E-state index in [1.54, 1.807) is 18.8 Å². The van der Waals surface area contributed by atoms with Gasteiger partial charge in [0.05, 0.1) is 66.0 Å². The molecule has 0 radical (unpaired) electrons. The van der Waals surface area contributed by atoms with E-state index in [1.807, 2.05) is 51.2 Å². The van der Waals surface area contributed by atoms with Gasteiger partial charge in [0.2, 0.25) is 47.3 Å². The monoisotopic (exact) mass is 1950 g/mol. The average Bonchev–Trinajstić information content (AvgIpc) is 1.62. The maximum atomic E-state index is 12.4. The number of amides is 8. The van der Waals surface area contributed by atoms with Crippen molar-refractivity contribution in [2.24, 2.45) is 11.5 Å². The van der Waals surface area contributed by atoms with Crippen LogP contribution in [0.4, 0.5) is 13.2 Å². The van der Waals surface area contributed by atoms with Crippen molar-refractivity contribution in [3.63, 3.8) is 0 Å². The molecule has 3 aromatic rings. The molecule has 38 heteroatoms. The standard InChI is InChI=1S/C18H31N7O3.C16H14O2.2C13H23N3O2.C12H21N3O2.3C4H7BrO.C3H3F3O2/c1-13(26)20-9-3-2-6-17-21-15(16(27)11-19)5-4-10-25-12-14(23-24-25)7-8-18(28)22-17;1-11(17)18-10-16-14-8-4-2-6-12(14)13-7-3-5-9-15(13)16;2*1-4-5-9-13(18)16-12(14-3)8-6-7-10-15-11(2)17;1-3-4-8-12(17)15-11(13)7-5-6-9-14-10(2)16;3*1-2-4(6)3-5;1-8-2(7)3(4,5)6/h12,15,17,21H,2-11,19H2,1H3,(H,20,26)(H,22,28);2-9,16H,10H2,1H3;2*1,12,14H,5-10H2,2-3H3,(H,15,17)(H,16,18);1,11H,4-9,13H2,2H3,(H,14,16)(H,15,17);3*2-3H2,1H3;1H3/t15-,17?;;;;;;;;/m0......../s1. The van der Waals surface area contributed by atoms with Crippen molar-refractivity contribution >= 4 is 130 Å². The van der Waals surface area contributed by atoms with Crippen LogP contribution >= 0.6 is 47.8 Å². The van der Waals surface area contributed by atoms with E-state index < -0.39 is 18.2 Å². The third-order valence-electron chi connectivity index (χ3n) is 17.3. The maximum absolute atomic E-state index is 12.4. The zero-order chi connectivity index (χ0) is 95.4. The number of terminal acetylenes is 3. The molecular weight excluding hydrogens is 1820 g/mol. The number of nitrogens with two attached hydrogens (primary N) is 2. The van der Waals surface area contributed by atoms with Gasteiger partial charge in [-0.15, -0.1) is 42.1 Å². The molecule has 32 nitrogen and oxygen atoms in total. The lowest BCUT2D eigenvalue weighted by Gasteiger charge is -2.26. The van der Waals surface area contributed by atoms with Crippen LogP contribution in [0.3, 0.4) is 0 Å². The second-order valence-corrected chi connectivity index (χ2v) is 29.4. The molecule has 125 heavy (non-hydrogen) atoms. The Hall–Kier alpha value is -9.33. The Labute approximate surface area is 761 Å². The number of carbonyl (C=O) groups excluding carboxylic acids is 14. The lowest BCUT2D eigenvalue weighted by Crippen LogP contribution is -2.53. The first-order valence-corrected chi connectivity index (χ1v) is 44.9. The first-order valence-electron chi connectivity index (χ1n) is 41.5. The highest BCUT2D eigenvalue weighted by molar-refractivity contribution is 9.09. The first-order chi connectivity index (χ1) is 59.4. The van der Waals surface area contributed by atoms with Gasteiger partial charge in [-0.05, 0) is 126 Å². The minimum Gasteiger partial charge on any atom is -0.465 e. The molecular formula is C87H136Br3F3N16O16. The Morgan fingerprint density at radius 1 is 0.600 bits per heavy atom. The molecule has 2 aliphatic rings. The number of esters is 2. The number of alkyl halides is 6. The van der Waals surface area contributed by atoms with Gasteiger partial charge >= 0.3 is 18.1 Å². The van der Waals surface area contributed by atoms with Crippen molar-refractivity contribution in [3.05, 3.63) is 71.5 Å². The number of Topliss-reactive ketones (excluding diaryl/α,β-unsaturated/α-hetero) is 4. The van der Waals surface area contributed by atoms with Crippen molar-refractivity contribution in [3.8, 4) is 48.2 Å². The third kappa shape index (κ3) is 70.5. The minimum atomic E-state index is -4.85. The van der Waals surface area contributed by atoms with Gasteiger partial charge < -0.3 is 74.1 Å². The summed E-state index contributed by atoms with van der Waals surface area (Å²) in [5.41, 5.74) is 17.1. The van der Waals surface area contributed by atoms with Crippen LogP contribution < -0.4 is 70.0 Å². The van der Waals surface area contributed by atoms with Crippen LogP contribution in [-0.2, 0) is 89.6 Å². The summed E-state index contributed by atoms with van der Waals surface area (Å²) < 4.78 is 43.2. The summed E-state index contributed by atoms with van der Waals surface area (Å²) in [6.07, 6.45) is 28.0. The van der Waals surface area contributed by atoms with Crippen LogP contribution in [0.15, 0.2) is 54.7 Å². The molecule has 0 saturated carbocycles. The predicted octanol–water partition coefficient (Wildman–Crippen LogP) is 8.25. The summed E-state index contributed by atoms with van der Waals surface area (Å²) in [6.45, 7) is 16.6. The number of hydrogen-bond acceptors (Lipinski definition) is 23. The number of nitrogens with one attached hydrogen (secondary N) is 11. The van der Waals surface area contributed by atoms with E-state index in [9.17, 15) is 80.3 Å². The molecule has 1 aromatic heterocycles. The zero-order valence-electron chi connectivity index (χ0n) is 74.4. The second kappa shape index (κ2) is 79.3. The molecule has 0 spiro atoms. The topological polar surface area (TPSA) is 473 Å². The number of hydrogen-bond donors (Lipinski definition) is 13. The Balaban J connectivity index is -0.000000688. The van der Waals surface area contributed by atoms with E-state index in [4.69, 9.17) is 35.5 Å². The van der Waals surface area contributed by atoms with Crippen LogP contribution in [-0.4, -0.2) is 211 Å². The summed E-state index contributed by atoms with van der Waals surface area (Å²) in [5, 5.41) is 41.3. The number of ether oxygens (including phenoxy) is 2. The van der Waals surface area contributed by atoms with Crippen LogP contribution in [0.2, 0.25) is 0 Å². The number of nitrogens with zero attached hydrogens (tertiary/aromatic N) is 3. The molecule has 5 rings (SSSR count). The lowest BCUT2D eigenvalue weighted by atomic mass is 9.98. The van der Waals surface area contributed by atoms with Crippen molar-refractivity contribution < 1.29 is 89.8 Å². The number of rotatable bonds is 41. The third-order valence-corrected chi connectivity index (χ3v) is 19.1. The number of fused-ring (bicyclic) bond motifs is 5. The van der Waals surface area contributed by atoms with Crippen molar-refractivity contribution in [2.75, 3.05) is 76.5 Å². The van der Waals surface area contributed by atoms with Crippen molar-refractivity contribution in [2.45, 2.75) is 265 Å². The fraction of sp³-hybridized carbons (Fsp3) is 0.609. The molecule has 8 amide bonds. The van der Waals surface area contributed by atoms with Gasteiger partial charge in [0.1, 0.15) is 24.0 Å². The number of carbonyl (C=O) groups is 14. The van der Waals surface area contributed by atoms with Gasteiger partial charge in [0.15, 0.2) is 5.78 Å². The van der Waals surface area contributed by atoms with Crippen LogP contribution in [0.1, 0.15) is 232 Å². The molecule has 702 valence electrons. The number of methoxy groups -OCH3 is 1. The second-order valence-electron chi connectivity index (χ2n) is 27.7. The van der Waals surface area contributed by atoms with Crippen LogP contribution in [0, 0.1) is 37.0 Å². The SMILES string of the molecule is C#CCCC(=O)NC(CCCCNC(C)=O)NC.C#CCCC(=O)NC(CCCCNC(C)=O)NC.C#CCCC(=O)NC(N)CCCCNC(C)=O.CC(=O)NCCCCC1NC(=O)CCc2cn(nn2)CCC[C@@H](C(=O)CN)N1.CC(=O)OCC1c2ccccc2-c2ccccc21.CCC(=O)CBr.CCC(=O)CBr.CCC(=O)CBr.COC(=O)C(F)(F)F. The zero-order valence-corrected chi connectivity index (χ0v) is 79.2. The Morgan fingerprint density at radius 3 is 1.34 bits per heavy atom. The van der Waals surface area contributed by atoms with E-state index in [2.05, 4.69) is 163 Å². The average molecular weight is 1960 g/mol. The largest absolute Gasteiger partial charge is 0.490 e. The van der Waals surface area contributed by atoms with E-state index in [-0.39, 0.29) is 113 Å². The molecule has 2 bridgehead atoms. The van der Waals surface area contributed by atoms with Crippen molar-refractivity contribution in [1.82, 2.24) is 73.5 Å². The summed E-state index contributed by atoms with van der Waals surface area (Å²) >= 11 is 9.08. The smallest absolute Gasteiger partial charge is 0.465 e. The first kappa shape index (κ1) is 122. The van der Waals surface area contributed by atoms with E-state index >= 15 is 0 Å². The predicted molar refractivity (Wildman–Crippen MR) is 489 cm³/mol. The lowest BCUT2D eigenvalue weighted by molar-refractivity contribution is -0.196. The summed E-state index contributed by atoms with van der Waals surface area (Å²) in [5.74, 6) is 5.36. The van der Waals surface area contributed by atoms with Gasteiger partial charge in [-0.25, -0.2) is 4.79 Å². The minimum absolute atomic E-state index is 0.0113. The molecule has 5 atom stereocenters. The number of aryl methyl sites for hydroxylation is 2. The van der Waals surface area contributed by atoms with Gasteiger partial charge in [-0.3, -0.25) is 72.3 Å². The summed E-state index contributed by atoms with van der Waals surface area (Å²) in [4.78, 5) is 152. The fourth-order valence-corrected chi connectivity index (χ4v) is 11.7. The molecule has 2 aromatic carbocycles. The van der Waals surface area contributed by atoms with Gasteiger partial charge in [0.25, 0.3) is 0 Å². The number of aromatic nitrogens is 3. The highest BCUT2D eigenvalue weighted by Crippen LogP contribution is 2.44. The molecule has 0 saturated heterocycles. The molecule has 0 fully saturated rings. The number of benzene rings is 2. The van der Waals surface area contributed by atoms with E-state index in [0.29, 0.717) is 152 Å². The number of unbranched alkanes of at least 4 members (excludes halogenated alkanes) is 4. The van der Waals surface area contributed by atoms with E-state index in [0.717, 1.165) is 76.3 Å². The van der Waals surface area contributed by atoms with Crippen LogP contribution in [0.25, 0.3) is 11.1 Å². The van der Waals surface area contributed by atoms with Gasteiger partial charge in [-0.2, -0.15) is 13.2 Å². The Morgan fingerprint density at radius 2 is 1.00 bits per heavy atom. The Kier molecular flexibility index (Phi) is 77.4. The van der Waals surface area contributed by atoms with Crippen LogP contribution in [0.5, 0.6) is 0 Å². The van der Waals surface area contributed by atoms with Crippen molar-refractivity contribution in [1.29, 1.82) is 0 Å². The number of halogens is 6. The van der Waals surface area contributed by atoms with Gasteiger partial charge in [-0.1, -0.05) is 122 Å². The highest BCUT2D eigenvalue weighted by atomic mass is 79.9. The van der Waals surface area contributed by atoms with E-state index in [1.165, 1.54) is 56.9 Å². The summed E-state index contributed by atoms with van der Waals surface area (Å²) in [6, 6.07) is 16.2. The molecule has 1 aliphatic heterocycles. The summed E-state index contributed by atoms with van der Waals surface area (Å²) in [7, 11) is 4.29. The fourth-order valence-electron chi connectivity index (χ4n) is 10.5. The molecule has 15 N–H and O–H groups in total. The number of ketones is 4. The quantitative estimate of drug-likeness (QED) is 0.00835. The van der Waals surface area contributed by atoms with Gasteiger partial charge in [0, 0.05) is 150 Å².